The first-order valence-electron chi connectivity index (χ1n) is 8.57. The maximum atomic E-state index is 12.5. The lowest BCUT2D eigenvalue weighted by Crippen LogP contribution is -2.48. The predicted octanol–water partition coefficient (Wildman–Crippen LogP) is 1.13. The van der Waals surface area contributed by atoms with E-state index in [-0.39, 0.29) is 36.0 Å². The molecule has 25 heavy (non-hydrogen) atoms. The van der Waals surface area contributed by atoms with Gasteiger partial charge in [-0.2, -0.15) is 0 Å². The molecular formula is C17H26ClN3O3S. The van der Waals surface area contributed by atoms with Crippen LogP contribution in [0, 0.1) is 5.92 Å². The molecule has 8 heteroatoms. The van der Waals surface area contributed by atoms with Gasteiger partial charge in [-0.15, -0.1) is 12.4 Å². The monoisotopic (exact) mass is 387 g/mol. The lowest BCUT2D eigenvalue weighted by atomic mass is 10.0. The molecular weight excluding hydrogens is 362 g/mol. The molecule has 0 aliphatic carbocycles. The van der Waals surface area contributed by atoms with Crippen molar-refractivity contribution in [3.8, 4) is 0 Å². The number of hydrogen-bond acceptors (Lipinski definition) is 4. The minimum Gasteiger partial charge on any atom is -0.353 e. The summed E-state index contributed by atoms with van der Waals surface area (Å²) in [7, 11) is -3.29. The van der Waals surface area contributed by atoms with E-state index in [1.165, 1.54) is 0 Å². The molecule has 0 saturated carbocycles. The van der Waals surface area contributed by atoms with E-state index in [4.69, 9.17) is 0 Å². The van der Waals surface area contributed by atoms with Crippen molar-refractivity contribution < 1.29 is 13.2 Å². The van der Waals surface area contributed by atoms with E-state index in [2.05, 4.69) is 10.6 Å². The van der Waals surface area contributed by atoms with Crippen LogP contribution in [0.5, 0.6) is 0 Å². The lowest BCUT2D eigenvalue weighted by molar-refractivity contribution is -0.125. The molecule has 0 spiro atoms. The van der Waals surface area contributed by atoms with Crippen molar-refractivity contribution in [3.63, 3.8) is 0 Å². The van der Waals surface area contributed by atoms with Crippen molar-refractivity contribution in [1.29, 1.82) is 0 Å². The Hall–Kier alpha value is -1.15. The largest absolute Gasteiger partial charge is 0.353 e. The van der Waals surface area contributed by atoms with Crippen LogP contribution in [0.1, 0.15) is 24.8 Å². The summed E-state index contributed by atoms with van der Waals surface area (Å²) in [5.41, 5.74) is 0.807. The van der Waals surface area contributed by atoms with Gasteiger partial charge in [-0.1, -0.05) is 30.3 Å². The Morgan fingerprint density at radius 1 is 1.16 bits per heavy atom. The van der Waals surface area contributed by atoms with E-state index in [1.807, 2.05) is 30.3 Å². The molecule has 0 radical (unpaired) electrons. The van der Waals surface area contributed by atoms with Crippen LogP contribution in [0.4, 0.5) is 0 Å². The third kappa shape index (κ3) is 5.41. The first-order chi connectivity index (χ1) is 11.5. The van der Waals surface area contributed by atoms with Crippen LogP contribution in [0.15, 0.2) is 30.3 Å². The Morgan fingerprint density at radius 2 is 1.84 bits per heavy atom. The van der Waals surface area contributed by atoms with Crippen molar-refractivity contribution in [3.05, 3.63) is 35.9 Å². The van der Waals surface area contributed by atoms with Gasteiger partial charge in [0.25, 0.3) is 0 Å². The van der Waals surface area contributed by atoms with E-state index in [0.29, 0.717) is 25.9 Å². The fraction of sp³-hybridized carbons (Fsp3) is 0.588. The molecule has 1 unspecified atom stereocenters. The number of nitrogens with one attached hydrogen (secondary N) is 2. The molecule has 2 aliphatic heterocycles. The number of amides is 1. The van der Waals surface area contributed by atoms with Gasteiger partial charge in [0.2, 0.25) is 15.9 Å². The first kappa shape index (κ1) is 20.2. The Morgan fingerprint density at radius 3 is 2.44 bits per heavy atom. The summed E-state index contributed by atoms with van der Waals surface area (Å²) < 4.78 is 26.6. The number of carbonyl (C=O) groups is 1. The van der Waals surface area contributed by atoms with Crippen molar-refractivity contribution in [2.24, 2.45) is 5.92 Å². The van der Waals surface area contributed by atoms with Crippen molar-refractivity contribution in [2.75, 3.05) is 26.2 Å². The summed E-state index contributed by atoms with van der Waals surface area (Å²) in [6.07, 6.45) is 2.25. The molecule has 6 nitrogen and oxygen atoms in total. The van der Waals surface area contributed by atoms with Gasteiger partial charge >= 0.3 is 0 Å². The highest BCUT2D eigenvalue weighted by Crippen LogP contribution is 2.18. The van der Waals surface area contributed by atoms with Gasteiger partial charge in [0.05, 0.1) is 11.7 Å². The zero-order valence-corrected chi connectivity index (χ0v) is 15.8. The first-order valence-corrected chi connectivity index (χ1v) is 10.2. The second-order valence-electron chi connectivity index (χ2n) is 6.61. The van der Waals surface area contributed by atoms with Crippen molar-refractivity contribution >= 4 is 28.3 Å². The molecule has 2 heterocycles. The summed E-state index contributed by atoms with van der Waals surface area (Å²) in [6, 6.07) is 9.33. The van der Waals surface area contributed by atoms with Gasteiger partial charge in [0.1, 0.15) is 0 Å². The fourth-order valence-electron chi connectivity index (χ4n) is 3.35. The summed E-state index contributed by atoms with van der Waals surface area (Å²) in [4.78, 5) is 12.2. The quantitative estimate of drug-likeness (QED) is 0.793. The van der Waals surface area contributed by atoms with Gasteiger partial charge < -0.3 is 10.6 Å². The number of nitrogens with zero attached hydrogens (tertiary/aromatic N) is 1. The van der Waals surface area contributed by atoms with Gasteiger partial charge in [-0.05, 0) is 31.4 Å². The maximum Gasteiger partial charge on any atom is 0.224 e. The minimum atomic E-state index is -3.29. The molecule has 1 atom stereocenters. The van der Waals surface area contributed by atoms with Crippen molar-refractivity contribution in [1.82, 2.24) is 14.9 Å². The van der Waals surface area contributed by atoms with Crippen LogP contribution in [0.3, 0.4) is 0 Å². The van der Waals surface area contributed by atoms with Crippen LogP contribution >= 0.6 is 12.4 Å². The number of carbonyl (C=O) groups excluding carboxylic acids is 1. The van der Waals surface area contributed by atoms with E-state index >= 15 is 0 Å². The highest BCUT2D eigenvalue weighted by atomic mass is 35.5. The van der Waals surface area contributed by atoms with Gasteiger partial charge in [0, 0.05) is 25.7 Å². The predicted molar refractivity (Wildman–Crippen MR) is 100 cm³/mol. The molecule has 3 rings (SSSR count). The van der Waals surface area contributed by atoms with E-state index < -0.39 is 10.0 Å². The zero-order valence-electron chi connectivity index (χ0n) is 14.2. The summed E-state index contributed by atoms with van der Waals surface area (Å²) in [5, 5.41) is 6.27. The third-order valence-electron chi connectivity index (χ3n) is 4.82. The van der Waals surface area contributed by atoms with Gasteiger partial charge in [-0.3, -0.25) is 4.79 Å². The van der Waals surface area contributed by atoms with Gasteiger partial charge in [-0.25, -0.2) is 12.7 Å². The van der Waals surface area contributed by atoms with Crippen LogP contribution in [0.2, 0.25) is 0 Å². The zero-order chi connectivity index (χ0) is 17.0. The van der Waals surface area contributed by atoms with Crippen molar-refractivity contribution in [2.45, 2.75) is 31.1 Å². The SMILES string of the molecule is Cl.O=C(NC1CCN(S(=O)(=O)Cc2ccccc2)CC1)C1CCNC1. The lowest BCUT2D eigenvalue weighted by Gasteiger charge is -2.32. The number of piperidine rings is 1. The van der Waals surface area contributed by atoms with Crippen LogP contribution in [-0.4, -0.2) is 50.9 Å². The molecule has 2 fully saturated rings. The number of sulfonamides is 1. The summed E-state index contributed by atoms with van der Waals surface area (Å²) >= 11 is 0. The Bertz CT molecular complexity index is 655. The normalized spacial score (nSPS) is 22.3. The fourth-order valence-corrected chi connectivity index (χ4v) is 4.92. The molecule has 2 N–H and O–H groups in total. The topological polar surface area (TPSA) is 78.5 Å². The summed E-state index contributed by atoms with van der Waals surface area (Å²) in [5.74, 6) is 0.203. The molecule has 0 aromatic heterocycles. The highest BCUT2D eigenvalue weighted by Gasteiger charge is 2.30. The second kappa shape index (κ2) is 8.98. The van der Waals surface area contributed by atoms with E-state index in [1.54, 1.807) is 4.31 Å². The molecule has 2 aliphatic rings. The Kier molecular flexibility index (Phi) is 7.25. The third-order valence-corrected chi connectivity index (χ3v) is 6.67. The minimum absolute atomic E-state index is 0. The average Bonchev–Trinajstić information content (AvgIpc) is 3.10. The number of rotatable bonds is 5. The molecule has 1 aromatic carbocycles. The molecule has 1 amide bonds. The number of hydrogen-bond donors (Lipinski definition) is 2. The standard InChI is InChI=1S/C17H25N3O3S.ClH/c21-17(15-6-9-18-12-15)19-16-7-10-20(11-8-16)24(22,23)13-14-4-2-1-3-5-14;/h1-5,15-16,18H,6-13H2,(H,19,21);1H. The smallest absolute Gasteiger partial charge is 0.224 e. The molecule has 1 aromatic rings. The van der Waals surface area contributed by atoms with Gasteiger partial charge in [0.15, 0.2) is 0 Å². The van der Waals surface area contributed by atoms with E-state index in [0.717, 1.165) is 25.1 Å². The Labute approximate surface area is 155 Å². The molecule has 140 valence electrons. The summed E-state index contributed by atoms with van der Waals surface area (Å²) in [6.45, 7) is 2.59. The maximum absolute atomic E-state index is 12.5. The highest BCUT2D eigenvalue weighted by molar-refractivity contribution is 7.88. The molecule has 0 bridgehead atoms. The average molecular weight is 388 g/mol. The van der Waals surface area contributed by atoms with Crippen LogP contribution < -0.4 is 10.6 Å². The second-order valence-corrected chi connectivity index (χ2v) is 8.58. The van der Waals surface area contributed by atoms with Crippen LogP contribution in [-0.2, 0) is 20.6 Å². The Balaban J connectivity index is 0.00000225. The number of benzene rings is 1. The van der Waals surface area contributed by atoms with E-state index in [9.17, 15) is 13.2 Å². The van der Waals surface area contributed by atoms with Crippen LogP contribution in [0.25, 0.3) is 0 Å². The number of halogens is 1. The molecule has 2 saturated heterocycles.